The molecule has 0 saturated carbocycles. The molecule has 0 bridgehead atoms. The van der Waals surface area contributed by atoms with E-state index in [-0.39, 0.29) is 5.91 Å². The molecule has 1 N–H and O–H groups in total. The molecule has 0 aliphatic carbocycles. The van der Waals surface area contributed by atoms with Gasteiger partial charge in [0, 0.05) is 16.2 Å². The summed E-state index contributed by atoms with van der Waals surface area (Å²) in [6.07, 6.45) is 0. The molecule has 0 saturated heterocycles. The molecule has 0 aliphatic heterocycles. The number of hydrogen-bond donors (Lipinski definition) is 1. The van der Waals surface area contributed by atoms with Gasteiger partial charge in [0.2, 0.25) is 5.91 Å². The molecule has 94 valence electrons. The highest BCUT2D eigenvalue weighted by atomic mass is 127. The van der Waals surface area contributed by atoms with Crippen molar-refractivity contribution in [3.05, 3.63) is 26.8 Å². The largest absolute Gasteiger partial charge is 0.326 e. The maximum absolute atomic E-state index is 11.3. The molecule has 0 aromatic heterocycles. The predicted molar refractivity (Wildman–Crippen MR) is 81.6 cm³/mol. The van der Waals surface area contributed by atoms with Crippen LogP contribution in [-0.2, 0) is 4.79 Å². The molecule has 1 rings (SSSR count). The average Bonchev–Trinajstić information content (AvgIpc) is 2.18. The zero-order valence-electron chi connectivity index (χ0n) is 11.1. The van der Waals surface area contributed by atoms with Crippen LogP contribution in [0, 0.1) is 3.57 Å². The van der Waals surface area contributed by atoms with Crippen LogP contribution in [0.1, 0.15) is 57.6 Å². The Morgan fingerprint density at radius 3 is 1.82 bits per heavy atom. The number of halogens is 1. The van der Waals surface area contributed by atoms with E-state index in [4.69, 9.17) is 0 Å². The second-order valence-corrected chi connectivity index (χ2v) is 6.20. The lowest BCUT2D eigenvalue weighted by Crippen LogP contribution is -2.12. The van der Waals surface area contributed by atoms with Crippen LogP contribution in [0.3, 0.4) is 0 Å². The number of amides is 1. The van der Waals surface area contributed by atoms with Crippen molar-refractivity contribution in [3.63, 3.8) is 0 Å². The fourth-order valence-electron chi connectivity index (χ4n) is 1.88. The van der Waals surface area contributed by atoms with E-state index in [0.717, 1.165) is 5.69 Å². The van der Waals surface area contributed by atoms with Crippen LogP contribution in [0.5, 0.6) is 0 Å². The Morgan fingerprint density at radius 1 is 1.12 bits per heavy atom. The van der Waals surface area contributed by atoms with Crippen molar-refractivity contribution in [1.82, 2.24) is 0 Å². The van der Waals surface area contributed by atoms with Gasteiger partial charge in [-0.2, -0.15) is 0 Å². The van der Waals surface area contributed by atoms with Gasteiger partial charge < -0.3 is 5.32 Å². The van der Waals surface area contributed by atoms with Crippen molar-refractivity contribution in [2.75, 3.05) is 5.32 Å². The quantitative estimate of drug-likeness (QED) is 0.803. The molecule has 1 aromatic rings. The first-order valence-electron chi connectivity index (χ1n) is 5.93. The van der Waals surface area contributed by atoms with Gasteiger partial charge in [-0.1, -0.05) is 27.7 Å². The fourth-order valence-corrected chi connectivity index (χ4v) is 2.55. The minimum atomic E-state index is -0.00462. The summed E-state index contributed by atoms with van der Waals surface area (Å²) in [7, 11) is 0. The van der Waals surface area contributed by atoms with E-state index in [0.29, 0.717) is 11.8 Å². The van der Waals surface area contributed by atoms with Gasteiger partial charge in [-0.3, -0.25) is 4.79 Å². The second-order valence-electron chi connectivity index (χ2n) is 4.95. The van der Waals surface area contributed by atoms with Gasteiger partial charge in [-0.05, 0) is 57.7 Å². The van der Waals surface area contributed by atoms with Crippen LogP contribution >= 0.6 is 22.6 Å². The fraction of sp³-hybridized carbons (Fsp3) is 0.500. The molecule has 0 radical (unpaired) electrons. The van der Waals surface area contributed by atoms with Crippen molar-refractivity contribution in [2.45, 2.75) is 46.5 Å². The topological polar surface area (TPSA) is 29.1 Å². The highest BCUT2D eigenvalue weighted by Crippen LogP contribution is 2.34. The SMILES string of the molecule is CC(=O)Nc1c(C(C)C)cc(I)cc1C(C)C. The molecule has 0 unspecified atom stereocenters. The molecule has 0 fully saturated rings. The van der Waals surface area contributed by atoms with Crippen molar-refractivity contribution in [2.24, 2.45) is 0 Å². The maximum atomic E-state index is 11.3. The maximum Gasteiger partial charge on any atom is 0.221 e. The van der Waals surface area contributed by atoms with Crippen LogP contribution in [0.4, 0.5) is 5.69 Å². The van der Waals surface area contributed by atoms with Gasteiger partial charge in [0.1, 0.15) is 0 Å². The Morgan fingerprint density at radius 2 is 1.53 bits per heavy atom. The minimum Gasteiger partial charge on any atom is -0.326 e. The number of benzene rings is 1. The molecule has 2 nitrogen and oxygen atoms in total. The molecular weight excluding hydrogens is 325 g/mol. The third-order valence-electron chi connectivity index (χ3n) is 2.71. The summed E-state index contributed by atoms with van der Waals surface area (Å²) in [6.45, 7) is 10.2. The van der Waals surface area contributed by atoms with E-state index < -0.39 is 0 Å². The van der Waals surface area contributed by atoms with Crippen LogP contribution in [0.25, 0.3) is 0 Å². The standard InChI is InChI=1S/C14H20INO/c1-8(2)12-6-11(15)7-13(9(3)4)14(12)16-10(5)17/h6-9H,1-5H3,(H,16,17). The Kier molecular flexibility index (Phi) is 4.98. The average molecular weight is 345 g/mol. The second kappa shape index (κ2) is 5.85. The van der Waals surface area contributed by atoms with Crippen LogP contribution in [0.2, 0.25) is 0 Å². The van der Waals surface area contributed by atoms with Gasteiger partial charge in [0.15, 0.2) is 0 Å². The van der Waals surface area contributed by atoms with E-state index in [1.54, 1.807) is 6.92 Å². The third-order valence-corrected chi connectivity index (χ3v) is 3.33. The molecule has 0 spiro atoms. The Balaban J connectivity index is 3.41. The van der Waals surface area contributed by atoms with Crippen LogP contribution in [-0.4, -0.2) is 5.91 Å². The number of nitrogens with one attached hydrogen (secondary N) is 1. The summed E-state index contributed by atoms with van der Waals surface area (Å²) < 4.78 is 1.23. The Hall–Kier alpha value is -0.580. The highest BCUT2D eigenvalue weighted by molar-refractivity contribution is 14.1. The summed E-state index contributed by atoms with van der Waals surface area (Å²) in [6, 6.07) is 4.31. The van der Waals surface area contributed by atoms with E-state index in [1.807, 2.05) is 0 Å². The van der Waals surface area contributed by atoms with Crippen molar-refractivity contribution in [3.8, 4) is 0 Å². The number of carbonyl (C=O) groups excluding carboxylic acids is 1. The summed E-state index contributed by atoms with van der Waals surface area (Å²) >= 11 is 2.34. The Labute approximate surface area is 117 Å². The van der Waals surface area contributed by atoms with Gasteiger partial charge in [-0.15, -0.1) is 0 Å². The molecule has 17 heavy (non-hydrogen) atoms. The summed E-state index contributed by atoms with van der Waals surface area (Å²) in [5.41, 5.74) is 3.44. The third kappa shape index (κ3) is 3.69. The number of anilines is 1. The van der Waals surface area contributed by atoms with E-state index >= 15 is 0 Å². The lowest BCUT2D eigenvalue weighted by atomic mass is 9.92. The molecule has 0 atom stereocenters. The number of carbonyl (C=O) groups is 1. The first-order chi connectivity index (χ1) is 7.82. The molecular formula is C14H20INO. The first kappa shape index (κ1) is 14.5. The van der Waals surface area contributed by atoms with E-state index in [1.165, 1.54) is 14.7 Å². The molecule has 0 aliphatic rings. The highest BCUT2D eigenvalue weighted by Gasteiger charge is 2.16. The van der Waals surface area contributed by atoms with E-state index in [9.17, 15) is 4.79 Å². The zero-order chi connectivity index (χ0) is 13.2. The van der Waals surface area contributed by atoms with Gasteiger partial charge in [-0.25, -0.2) is 0 Å². The van der Waals surface area contributed by atoms with Gasteiger partial charge in [0.25, 0.3) is 0 Å². The van der Waals surface area contributed by atoms with Crippen LogP contribution in [0.15, 0.2) is 12.1 Å². The lowest BCUT2D eigenvalue weighted by molar-refractivity contribution is -0.114. The minimum absolute atomic E-state index is 0.00462. The molecule has 0 heterocycles. The van der Waals surface area contributed by atoms with Crippen molar-refractivity contribution >= 4 is 34.2 Å². The monoisotopic (exact) mass is 345 g/mol. The lowest BCUT2D eigenvalue weighted by Gasteiger charge is -2.20. The summed E-state index contributed by atoms with van der Waals surface area (Å²) in [5, 5.41) is 2.99. The molecule has 3 heteroatoms. The molecule has 1 amide bonds. The van der Waals surface area contributed by atoms with E-state index in [2.05, 4.69) is 67.7 Å². The normalized spacial score (nSPS) is 11.1. The predicted octanol–water partition coefficient (Wildman–Crippen LogP) is 4.50. The molecule has 1 aromatic carbocycles. The zero-order valence-corrected chi connectivity index (χ0v) is 13.3. The van der Waals surface area contributed by atoms with Crippen molar-refractivity contribution in [1.29, 1.82) is 0 Å². The summed E-state index contributed by atoms with van der Waals surface area (Å²) in [5.74, 6) is 0.808. The number of hydrogen-bond acceptors (Lipinski definition) is 1. The Bertz CT molecular complexity index is 395. The van der Waals surface area contributed by atoms with Crippen molar-refractivity contribution < 1.29 is 4.79 Å². The van der Waals surface area contributed by atoms with Gasteiger partial charge >= 0.3 is 0 Å². The summed E-state index contributed by atoms with van der Waals surface area (Å²) in [4.78, 5) is 11.3. The first-order valence-corrected chi connectivity index (χ1v) is 7.01. The van der Waals surface area contributed by atoms with Crippen LogP contribution < -0.4 is 5.32 Å². The smallest absolute Gasteiger partial charge is 0.221 e. The van der Waals surface area contributed by atoms with Gasteiger partial charge in [0.05, 0.1) is 0 Å². The number of rotatable bonds is 3.